The normalized spacial score (nSPS) is 19.7. The zero-order valence-corrected chi connectivity index (χ0v) is 15.0. The molecular weight excluding hydrogens is 348 g/mol. The first-order valence-corrected chi connectivity index (χ1v) is 8.86. The van der Waals surface area contributed by atoms with Gasteiger partial charge in [0.15, 0.2) is 0 Å². The number of carbonyl (C=O) groups is 1. The number of aliphatic hydroxyl groups is 1. The van der Waals surface area contributed by atoms with Gasteiger partial charge in [0, 0.05) is 4.92 Å². The van der Waals surface area contributed by atoms with Crippen LogP contribution in [0.3, 0.4) is 0 Å². The summed E-state index contributed by atoms with van der Waals surface area (Å²) in [6, 6.07) is 16.3. The molecule has 0 radical (unpaired) electrons. The summed E-state index contributed by atoms with van der Waals surface area (Å²) in [6.45, 7) is 0.958. The molecule has 5 rings (SSSR count). The molecule has 0 aromatic heterocycles. The number of rotatable bonds is 2. The Morgan fingerprint density at radius 1 is 1.04 bits per heavy atom. The Kier molecular flexibility index (Phi) is 7.91. The summed E-state index contributed by atoms with van der Waals surface area (Å²) >= 11 is 0. The van der Waals surface area contributed by atoms with Crippen LogP contribution in [-0.4, -0.2) is 46.3 Å². The molecule has 3 N–H and O–H groups in total. The second kappa shape index (κ2) is 10.4. The first-order valence-electron chi connectivity index (χ1n) is 8.86. The molecule has 2 aromatic carbocycles. The summed E-state index contributed by atoms with van der Waals surface area (Å²) in [5, 5.41) is 30.5. The molecule has 1 saturated heterocycles. The van der Waals surface area contributed by atoms with Crippen molar-refractivity contribution in [2.45, 2.75) is 31.4 Å². The molecule has 0 amide bonds. The molecule has 1 heterocycles. The maximum absolute atomic E-state index is 10.2. The lowest BCUT2D eigenvalue weighted by Crippen LogP contribution is -2.48. The van der Waals surface area contributed by atoms with Gasteiger partial charge in [-0.3, -0.25) is 10.1 Å². The number of aromatic carboxylic acids is 1. The predicted molar refractivity (Wildman–Crippen MR) is 102 cm³/mol. The van der Waals surface area contributed by atoms with E-state index in [9.17, 15) is 14.9 Å². The average Bonchev–Trinajstić information content (AvgIpc) is 2.71. The molecule has 2 bridgehead atoms. The third-order valence-corrected chi connectivity index (χ3v) is 4.43. The summed E-state index contributed by atoms with van der Waals surface area (Å²) < 4.78 is 0. The molecule has 0 spiro atoms. The number of nitrogens with one attached hydrogen (secondary N) is 1. The van der Waals surface area contributed by atoms with Crippen molar-refractivity contribution < 1.29 is 19.9 Å². The molecule has 2 unspecified atom stereocenters. The minimum Gasteiger partial charge on any atom is -0.478 e. The van der Waals surface area contributed by atoms with E-state index in [1.807, 2.05) is 0 Å². The zero-order chi connectivity index (χ0) is 19.6. The number of hydrogen-bond donors (Lipinski definition) is 3. The van der Waals surface area contributed by atoms with Gasteiger partial charge in [0.1, 0.15) is 6.10 Å². The highest BCUT2D eigenvalue weighted by molar-refractivity contribution is 5.87. The van der Waals surface area contributed by atoms with Crippen molar-refractivity contribution in [3.63, 3.8) is 0 Å². The van der Waals surface area contributed by atoms with Crippen LogP contribution in [0.15, 0.2) is 54.6 Å². The largest absolute Gasteiger partial charge is 0.478 e. The molecule has 2 atom stereocenters. The summed E-state index contributed by atoms with van der Waals surface area (Å²) in [6.07, 6.45) is 2.24. The Bertz CT molecular complexity index is 711. The molecule has 27 heavy (non-hydrogen) atoms. The molecule has 2 aromatic rings. The monoisotopic (exact) mass is 372 g/mol. The van der Waals surface area contributed by atoms with E-state index < -0.39 is 23.0 Å². The maximum Gasteiger partial charge on any atom is 0.335 e. The Hall–Kier alpha value is -2.77. The number of hydrogen-bond acceptors (Lipinski definition) is 5. The zero-order valence-electron chi connectivity index (χ0n) is 15.0. The lowest BCUT2D eigenvalue weighted by molar-refractivity contribution is -0.534. The number of carboxylic acid groups (broad SMARTS) is 1. The van der Waals surface area contributed by atoms with Crippen LogP contribution in [0.25, 0.3) is 0 Å². The topological polar surface area (TPSA) is 113 Å². The van der Waals surface area contributed by atoms with Crippen molar-refractivity contribution in [3.05, 3.63) is 81.4 Å². The van der Waals surface area contributed by atoms with Gasteiger partial charge in [0.05, 0.1) is 12.1 Å². The number of nitrogens with zero attached hydrogens (tertiary/aromatic N) is 1. The van der Waals surface area contributed by atoms with E-state index in [2.05, 4.69) is 29.6 Å². The molecule has 144 valence electrons. The Balaban J connectivity index is 0.000000146. The van der Waals surface area contributed by atoms with Crippen LogP contribution in [0.4, 0.5) is 0 Å². The van der Waals surface area contributed by atoms with E-state index in [-0.39, 0.29) is 6.54 Å². The van der Waals surface area contributed by atoms with Crippen molar-refractivity contribution in [1.29, 1.82) is 0 Å². The first-order chi connectivity index (χ1) is 13.0. The van der Waals surface area contributed by atoms with E-state index in [4.69, 9.17) is 10.2 Å². The van der Waals surface area contributed by atoms with Crippen molar-refractivity contribution in [2.75, 3.05) is 13.1 Å². The second-order valence-corrected chi connectivity index (χ2v) is 6.40. The number of fused-ring (bicyclic) bond motifs is 3. The Morgan fingerprint density at radius 2 is 1.59 bits per heavy atom. The summed E-state index contributed by atoms with van der Waals surface area (Å²) in [5.74, 6) is -0.879. The molecule has 7 heteroatoms. The fraction of sp³-hybridized carbons (Fsp3) is 0.350. The lowest BCUT2D eigenvalue weighted by atomic mass is 9.97. The van der Waals surface area contributed by atoms with Gasteiger partial charge < -0.3 is 15.5 Å². The Labute approximate surface area is 157 Å². The van der Waals surface area contributed by atoms with Crippen molar-refractivity contribution in [2.24, 2.45) is 0 Å². The van der Waals surface area contributed by atoms with E-state index >= 15 is 0 Å². The summed E-state index contributed by atoms with van der Waals surface area (Å²) in [5.41, 5.74) is 3.30. The van der Waals surface area contributed by atoms with Crippen molar-refractivity contribution >= 4 is 5.97 Å². The highest BCUT2D eigenvalue weighted by Gasteiger charge is 2.31. The van der Waals surface area contributed by atoms with Gasteiger partial charge in [0.25, 0.3) is 6.04 Å². The smallest absolute Gasteiger partial charge is 0.335 e. The predicted octanol–water partition coefficient (Wildman–Crippen LogP) is 2.16. The standard InChI is InChI=1S/C8H8.C7H6O2.C5H10N2O3/c1-2-8-5-3-7(1)4-6-8;8-7(9)6-4-2-1-3-5-6;8-5-1-2-6-3-4(5)7(9)10/h1-3,5H,4,6H2;1-5H,(H,8,9);4-6,8H,1-3H2. The fourth-order valence-electron chi connectivity index (χ4n) is 2.79. The third-order valence-electron chi connectivity index (χ3n) is 4.43. The summed E-state index contributed by atoms with van der Waals surface area (Å²) in [7, 11) is 0. The molecule has 3 aliphatic rings. The van der Waals surface area contributed by atoms with Gasteiger partial charge in [-0.2, -0.15) is 0 Å². The van der Waals surface area contributed by atoms with Crippen LogP contribution >= 0.6 is 0 Å². The molecule has 7 nitrogen and oxygen atoms in total. The van der Waals surface area contributed by atoms with Crippen LogP contribution < -0.4 is 5.32 Å². The van der Waals surface area contributed by atoms with Gasteiger partial charge in [-0.05, 0) is 49.1 Å². The number of carboxylic acids is 1. The summed E-state index contributed by atoms with van der Waals surface area (Å²) in [4.78, 5) is 19.9. The SMILES string of the molecule is O=C(O)c1ccccc1.O=[N+]([O-])C1CNCCC1O.c1cc2ccc1CC2. The van der Waals surface area contributed by atoms with Gasteiger partial charge in [-0.1, -0.05) is 42.5 Å². The van der Waals surface area contributed by atoms with Crippen LogP contribution in [0.2, 0.25) is 0 Å². The number of piperidine rings is 1. The molecule has 2 aliphatic carbocycles. The molecular formula is C20H24N2O5. The quantitative estimate of drug-likeness (QED) is 0.550. The van der Waals surface area contributed by atoms with E-state index in [0.717, 1.165) is 0 Å². The maximum atomic E-state index is 10.2. The van der Waals surface area contributed by atoms with Crippen LogP contribution in [0, 0.1) is 10.1 Å². The van der Waals surface area contributed by atoms with Crippen molar-refractivity contribution in [1.82, 2.24) is 5.32 Å². The third kappa shape index (κ3) is 6.80. The van der Waals surface area contributed by atoms with E-state index in [0.29, 0.717) is 18.5 Å². The number of aliphatic hydroxyl groups excluding tert-OH is 1. The van der Waals surface area contributed by atoms with Crippen LogP contribution in [-0.2, 0) is 12.8 Å². The second-order valence-electron chi connectivity index (χ2n) is 6.40. The average molecular weight is 372 g/mol. The van der Waals surface area contributed by atoms with E-state index in [1.54, 1.807) is 30.3 Å². The highest BCUT2D eigenvalue weighted by Crippen LogP contribution is 2.14. The Morgan fingerprint density at radius 3 is 1.89 bits per heavy atom. The molecule has 1 aliphatic heterocycles. The van der Waals surface area contributed by atoms with Gasteiger partial charge >= 0.3 is 5.97 Å². The van der Waals surface area contributed by atoms with E-state index in [1.165, 1.54) is 24.0 Å². The van der Waals surface area contributed by atoms with Gasteiger partial charge in [-0.25, -0.2) is 4.79 Å². The van der Waals surface area contributed by atoms with Crippen molar-refractivity contribution in [3.8, 4) is 0 Å². The van der Waals surface area contributed by atoms with Gasteiger partial charge in [0.2, 0.25) is 0 Å². The van der Waals surface area contributed by atoms with Gasteiger partial charge in [-0.15, -0.1) is 0 Å². The minimum absolute atomic E-state index is 0.286. The number of aryl methyl sites for hydroxylation is 2. The van der Waals surface area contributed by atoms with Crippen LogP contribution in [0.1, 0.15) is 27.9 Å². The number of nitro groups is 1. The number of benzene rings is 2. The lowest BCUT2D eigenvalue weighted by Gasteiger charge is -2.21. The fourth-order valence-corrected chi connectivity index (χ4v) is 2.79. The first kappa shape index (κ1) is 20.5. The highest BCUT2D eigenvalue weighted by atomic mass is 16.6. The minimum atomic E-state index is -0.879. The molecule has 0 saturated carbocycles. The molecule has 1 fully saturated rings. The van der Waals surface area contributed by atoms with Crippen LogP contribution in [0.5, 0.6) is 0 Å².